The zero-order chi connectivity index (χ0) is 23.9. The molecule has 6 nitrogen and oxygen atoms in total. The zero-order valence-corrected chi connectivity index (χ0v) is 20.6. The number of amides is 1. The van der Waals surface area contributed by atoms with Crippen LogP contribution in [0.4, 0.5) is 4.79 Å². The fourth-order valence-electron chi connectivity index (χ4n) is 5.23. The number of hydrogen-bond donors (Lipinski definition) is 1. The third kappa shape index (κ3) is 4.55. The van der Waals surface area contributed by atoms with Crippen LogP contribution in [0.5, 0.6) is 0 Å². The van der Waals surface area contributed by atoms with Crippen molar-refractivity contribution in [3.63, 3.8) is 0 Å². The number of hydrogen-bond acceptors (Lipinski definition) is 4. The van der Waals surface area contributed by atoms with Crippen LogP contribution in [0.15, 0.2) is 35.1 Å². The van der Waals surface area contributed by atoms with E-state index in [1.165, 1.54) is 29.5 Å². The summed E-state index contributed by atoms with van der Waals surface area (Å²) in [7, 11) is 0. The minimum absolute atomic E-state index is 0.132. The molecule has 1 saturated carbocycles. The van der Waals surface area contributed by atoms with Crippen LogP contribution in [0.3, 0.4) is 0 Å². The quantitative estimate of drug-likeness (QED) is 0.656. The minimum atomic E-state index is -0.568. The normalized spacial score (nSPS) is 19.6. The Morgan fingerprint density at radius 3 is 2.68 bits per heavy atom. The number of aromatic nitrogens is 2. The van der Waals surface area contributed by atoms with Crippen molar-refractivity contribution in [2.45, 2.75) is 89.7 Å². The van der Waals surface area contributed by atoms with Gasteiger partial charge in [0.2, 0.25) is 0 Å². The Labute approximate surface area is 201 Å². The lowest BCUT2D eigenvalue weighted by Crippen LogP contribution is -2.37. The van der Waals surface area contributed by atoms with Gasteiger partial charge in [0.1, 0.15) is 11.4 Å². The van der Waals surface area contributed by atoms with Crippen LogP contribution in [0, 0.1) is 0 Å². The second-order valence-corrected chi connectivity index (χ2v) is 11.0. The van der Waals surface area contributed by atoms with E-state index in [-0.39, 0.29) is 23.6 Å². The zero-order valence-electron chi connectivity index (χ0n) is 20.6. The number of ether oxygens (including phenoxy) is 1. The van der Waals surface area contributed by atoms with Gasteiger partial charge in [0.25, 0.3) is 5.56 Å². The van der Waals surface area contributed by atoms with Crippen molar-refractivity contribution in [1.29, 1.82) is 0 Å². The first-order valence-corrected chi connectivity index (χ1v) is 12.7. The van der Waals surface area contributed by atoms with Crippen molar-refractivity contribution in [2.75, 3.05) is 6.54 Å². The van der Waals surface area contributed by atoms with Crippen LogP contribution < -0.4 is 5.56 Å². The van der Waals surface area contributed by atoms with Gasteiger partial charge in [0.15, 0.2) is 0 Å². The van der Waals surface area contributed by atoms with Gasteiger partial charge in [-0.05, 0) is 88.8 Å². The largest absolute Gasteiger partial charge is 0.444 e. The lowest BCUT2D eigenvalue weighted by Gasteiger charge is -2.26. The molecular formula is C28H35N3O3. The molecular weight excluding hydrogens is 426 g/mol. The van der Waals surface area contributed by atoms with E-state index >= 15 is 0 Å². The Kier molecular flexibility index (Phi) is 5.86. The topological polar surface area (TPSA) is 75.3 Å². The molecule has 1 aromatic carbocycles. The number of fused-ring (bicyclic) bond motifs is 1. The molecule has 0 spiro atoms. The number of rotatable bonds is 3. The van der Waals surface area contributed by atoms with E-state index in [1.807, 2.05) is 20.8 Å². The third-order valence-electron chi connectivity index (χ3n) is 7.22. The molecule has 1 fully saturated rings. The molecule has 3 aliphatic rings. The Balaban J connectivity index is 1.44. The molecule has 2 aromatic rings. The molecule has 2 aliphatic carbocycles. The molecule has 2 heterocycles. The highest BCUT2D eigenvalue weighted by molar-refractivity contribution is 5.68. The molecule has 1 aromatic heterocycles. The molecule has 0 saturated heterocycles. The Morgan fingerprint density at radius 1 is 1.15 bits per heavy atom. The van der Waals surface area contributed by atoms with Gasteiger partial charge in [-0.3, -0.25) is 4.79 Å². The molecule has 0 bridgehead atoms. The Morgan fingerprint density at radius 2 is 1.97 bits per heavy atom. The predicted molar refractivity (Wildman–Crippen MR) is 133 cm³/mol. The number of carbonyl (C=O) groups excluding carboxylic acids is 1. The highest BCUT2D eigenvalue weighted by Gasteiger charge is 2.49. The van der Waals surface area contributed by atoms with Gasteiger partial charge in [0.05, 0.1) is 23.2 Å². The van der Waals surface area contributed by atoms with Crippen LogP contribution in [0.1, 0.15) is 93.9 Å². The van der Waals surface area contributed by atoms with Crippen molar-refractivity contribution in [3.8, 4) is 0 Å². The maximum Gasteiger partial charge on any atom is 0.410 e. The summed E-state index contributed by atoms with van der Waals surface area (Å²) in [5.74, 6) is 0.775. The summed E-state index contributed by atoms with van der Waals surface area (Å²) in [6.45, 7) is 6.36. The lowest BCUT2D eigenvalue weighted by atomic mass is 9.88. The maximum absolute atomic E-state index is 13.2. The third-order valence-corrected chi connectivity index (χ3v) is 7.22. The summed E-state index contributed by atoms with van der Waals surface area (Å²) in [5, 5.41) is 0. The summed E-state index contributed by atoms with van der Waals surface area (Å²) < 4.78 is 5.54. The highest BCUT2D eigenvalue weighted by Crippen LogP contribution is 2.52. The van der Waals surface area contributed by atoms with Gasteiger partial charge in [-0.25, -0.2) is 9.78 Å². The first-order chi connectivity index (χ1) is 16.2. The molecule has 5 rings (SSSR count). The number of nitrogens with one attached hydrogen (secondary N) is 1. The SMILES string of the molecule is CC(C)(C)OC(=O)N1CCCc2nc(C3(c4cccc(C5=CCCCC5)c4)CC3)[nH]c(=O)c2C1. The van der Waals surface area contributed by atoms with Crippen LogP contribution in [0.25, 0.3) is 5.57 Å². The molecule has 6 heteroatoms. The number of carbonyl (C=O) groups is 1. The maximum atomic E-state index is 13.2. The van der Waals surface area contributed by atoms with E-state index in [2.05, 4.69) is 35.3 Å². The Bertz CT molecular complexity index is 1180. The van der Waals surface area contributed by atoms with Gasteiger partial charge in [-0.1, -0.05) is 30.3 Å². The second kappa shape index (κ2) is 8.71. The van der Waals surface area contributed by atoms with Crippen LogP contribution in [-0.4, -0.2) is 33.1 Å². The molecule has 0 unspecified atom stereocenters. The van der Waals surface area contributed by atoms with Gasteiger partial charge < -0.3 is 14.6 Å². The van der Waals surface area contributed by atoms with Crippen molar-refractivity contribution in [2.24, 2.45) is 0 Å². The fourth-order valence-corrected chi connectivity index (χ4v) is 5.23. The summed E-state index contributed by atoms with van der Waals surface area (Å²) in [5.41, 5.74) is 4.48. The monoisotopic (exact) mass is 461 g/mol. The minimum Gasteiger partial charge on any atom is -0.444 e. The van der Waals surface area contributed by atoms with E-state index < -0.39 is 5.60 Å². The summed E-state index contributed by atoms with van der Waals surface area (Å²) in [4.78, 5) is 35.6. The standard InChI is InChI=1S/C28H35N3O3/c1-27(2,3)34-26(33)31-16-8-13-23-22(18-31)24(32)30-25(29-23)28(14-15-28)21-12-7-11-20(17-21)19-9-5-4-6-10-19/h7,9,11-12,17H,4-6,8,10,13-16,18H2,1-3H3,(H,29,30,32). The van der Waals surface area contributed by atoms with Crippen molar-refractivity contribution in [3.05, 3.63) is 68.9 Å². The number of nitrogens with zero attached hydrogens (tertiary/aromatic N) is 2. The fraction of sp³-hybridized carbons (Fsp3) is 0.536. The van der Waals surface area contributed by atoms with Crippen molar-refractivity contribution in [1.82, 2.24) is 14.9 Å². The summed E-state index contributed by atoms with van der Waals surface area (Å²) in [6, 6.07) is 8.82. The number of allylic oxidation sites excluding steroid dienone is 2. The van der Waals surface area contributed by atoms with E-state index in [4.69, 9.17) is 9.72 Å². The van der Waals surface area contributed by atoms with E-state index in [9.17, 15) is 9.59 Å². The molecule has 1 aliphatic heterocycles. The lowest BCUT2D eigenvalue weighted by molar-refractivity contribution is 0.0236. The van der Waals surface area contributed by atoms with Crippen molar-refractivity contribution >= 4 is 11.7 Å². The highest BCUT2D eigenvalue weighted by atomic mass is 16.6. The second-order valence-electron chi connectivity index (χ2n) is 11.0. The number of benzene rings is 1. The average molecular weight is 462 g/mol. The van der Waals surface area contributed by atoms with E-state index in [1.54, 1.807) is 4.90 Å². The van der Waals surface area contributed by atoms with Crippen molar-refractivity contribution < 1.29 is 9.53 Å². The van der Waals surface area contributed by atoms with Crippen LogP contribution in [0.2, 0.25) is 0 Å². The van der Waals surface area contributed by atoms with Crippen LogP contribution >= 0.6 is 0 Å². The number of aryl methyl sites for hydroxylation is 1. The first-order valence-electron chi connectivity index (χ1n) is 12.7. The smallest absolute Gasteiger partial charge is 0.410 e. The van der Waals surface area contributed by atoms with Gasteiger partial charge in [-0.15, -0.1) is 0 Å². The first kappa shape index (κ1) is 22.9. The molecule has 180 valence electrons. The van der Waals surface area contributed by atoms with E-state index in [0.717, 1.165) is 43.6 Å². The Hall–Kier alpha value is -2.89. The van der Waals surface area contributed by atoms with Gasteiger partial charge in [-0.2, -0.15) is 0 Å². The summed E-state index contributed by atoms with van der Waals surface area (Å²) >= 11 is 0. The summed E-state index contributed by atoms with van der Waals surface area (Å²) in [6.07, 6.45) is 10.2. The molecule has 1 N–H and O–H groups in total. The molecule has 1 amide bonds. The molecule has 34 heavy (non-hydrogen) atoms. The number of aromatic amines is 1. The van der Waals surface area contributed by atoms with Gasteiger partial charge >= 0.3 is 6.09 Å². The molecule has 0 radical (unpaired) electrons. The van der Waals surface area contributed by atoms with E-state index in [0.29, 0.717) is 18.5 Å². The predicted octanol–water partition coefficient (Wildman–Crippen LogP) is 5.49. The number of H-pyrrole nitrogens is 1. The van der Waals surface area contributed by atoms with Gasteiger partial charge in [0, 0.05) is 6.54 Å². The molecule has 0 atom stereocenters. The van der Waals surface area contributed by atoms with Crippen LogP contribution in [-0.2, 0) is 23.1 Å². The average Bonchev–Trinajstić information content (AvgIpc) is 3.63.